The molecule has 2 unspecified atom stereocenters. The van der Waals surface area contributed by atoms with Gasteiger partial charge in [0.15, 0.2) is 5.82 Å². The molecular formula is C22H21F3N4O2S. The number of amides is 1. The van der Waals surface area contributed by atoms with Gasteiger partial charge >= 0.3 is 6.18 Å². The van der Waals surface area contributed by atoms with Crippen LogP contribution in [0.15, 0.2) is 60.4 Å². The van der Waals surface area contributed by atoms with Crippen molar-refractivity contribution in [2.75, 3.05) is 6.54 Å². The van der Waals surface area contributed by atoms with Crippen molar-refractivity contribution >= 4 is 28.1 Å². The molecule has 0 saturated carbocycles. The van der Waals surface area contributed by atoms with E-state index in [2.05, 4.69) is 15.3 Å². The maximum atomic E-state index is 13.7. The molecule has 168 valence electrons. The van der Waals surface area contributed by atoms with Gasteiger partial charge in [0.1, 0.15) is 0 Å². The van der Waals surface area contributed by atoms with Crippen LogP contribution in [0.3, 0.4) is 0 Å². The van der Waals surface area contributed by atoms with Crippen LogP contribution in [0.1, 0.15) is 28.6 Å². The molecule has 10 heteroatoms. The lowest BCUT2D eigenvalue weighted by Gasteiger charge is -2.29. The molecule has 1 aromatic carbocycles. The number of hydrogen-bond acceptors (Lipinski definition) is 4. The molecule has 0 bridgehead atoms. The fraction of sp³-hybridized carbons (Fsp3) is 0.273. The molecular weight excluding hydrogens is 441 g/mol. The number of aryl methyl sites for hydroxylation is 1. The first-order valence-corrected chi connectivity index (χ1v) is 10.7. The molecule has 2 atom stereocenters. The Kier molecular flexibility index (Phi) is 5.83. The van der Waals surface area contributed by atoms with Crippen LogP contribution in [0.2, 0.25) is 0 Å². The second-order valence-corrected chi connectivity index (χ2v) is 8.54. The first-order valence-electron chi connectivity index (χ1n) is 9.83. The average molecular weight is 462 g/mol. The van der Waals surface area contributed by atoms with E-state index in [-0.39, 0.29) is 12.5 Å². The molecule has 0 fully saturated rings. The van der Waals surface area contributed by atoms with E-state index in [1.165, 1.54) is 24.6 Å². The van der Waals surface area contributed by atoms with E-state index in [1.54, 1.807) is 0 Å². The molecule has 4 rings (SSSR count). The molecule has 0 saturated heterocycles. The number of nitrogens with zero attached hydrogens (tertiary/aromatic N) is 2. The molecule has 3 N–H and O–H groups in total. The molecule has 32 heavy (non-hydrogen) atoms. The number of thiophene rings is 1. The Morgan fingerprint density at radius 2 is 2.06 bits per heavy atom. The van der Waals surface area contributed by atoms with Crippen LogP contribution < -0.4 is 5.32 Å². The summed E-state index contributed by atoms with van der Waals surface area (Å²) in [6, 6.07) is 11.5. The smallest absolute Gasteiger partial charge is 0.374 e. The molecule has 0 aliphatic rings. The second-order valence-electron chi connectivity index (χ2n) is 7.56. The Morgan fingerprint density at radius 3 is 2.72 bits per heavy atom. The van der Waals surface area contributed by atoms with E-state index in [1.807, 2.05) is 48.0 Å². The van der Waals surface area contributed by atoms with Crippen LogP contribution >= 0.6 is 11.3 Å². The molecule has 3 aromatic heterocycles. The zero-order valence-corrected chi connectivity index (χ0v) is 17.9. The van der Waals surface area contributed by atoms with Gasteiger partial charge in [-0.1, -0.05) is 24.3 Å². The molecule has 0 aliphatic heterocycles. The van der Waals surface area contributed by atoms with Crippen molar-refractivity contribution in [3.05, 3.63) is 76.6 Å². The highest BCUT2D eigenvalue weighted by Crippen LogP contribution is 2.41. The van der Waals surface area contributed by atoms with Crippen molar-refractivity contribution in [2.24, 2.45) is 7.05 Å². The van der Waals surface area contributed by atoms with Crippen LogP contribution in [0.4, 0.5) is 13.2 Å². The maximum Gasteiger partial charge on any atom is 0.425 e. The highest BCUT2D eigenvalue weighted by Gasteiger charge is 2.58. The number of rotatable bonds is 7. The first kappa shape index (κ1) is 22.1. The van der Waals surface area contributed by atoms with Crippen molar-refractivity contribution in [3.8, 4) is 0 Å². The number of nitrogens with one attached hydrogen (secondary N) is 2. The summed E-state index contributed by atoms with van der Waals surface area (Å²) in [5.41, 5.74) is -1.54. The number of aromatic nitrogens is 3. The van der Waals surface area contributed by atoms with Crippen molar-refractivity contribution in [1.29, 1.82) is 0 Å². The van der Waals surface area contributed by atoms with Crippen molar-refractivity contribution in [3.63, 3.8) is 0 Å². The summed E-state index contributed by atoms with van der Waals surface area (Å²) >= 11 is 1.50. The normalized spacial score (nSPS) is 14.9. The van der Waals surface area contributed by atoms with Crippen LogP contribution in [0.5, 0.6) is 0 Å². The highest BCUT2D eigenvalue weighted by atomic mass is 32.1. The Bertz CT molecular complexity index is 1220. The summed E-state index contributed by atoms with van der Waals surface area (Å²) in [7, 11) is 1.33. The first-order chi connectivity index (χ1) is 15.2. The third-order valence-electron chi connectivity index (χ3n) is 5.46. The lowest BCUT2D eigenvalue weighted by Crippen LogP contribution is -2.48. The third kappa shape index (κ3) is 4.03. The van der Waals surface area contributed by atoms with Crippen molar-refractivity contribution < 1.29 is 23.1 Å². The number of H-pyrrole nitrogens is 1. The van der Waals surface area contributed by atoms with Gasteiger partial charge in [0, 0.05) is 53.9 Å². The Morgan fingerprint density at radius 1 is 1.28 bits per heavy atom. The lowest BCUT2D eigenvalue weighted by atomic mass is 9.95. The van der Waals surface area contributed by atoms with Crippen molar-refractivity contribution in [2.45, 2.75) is 24.1 Å². The molecule has 0 spiro atoms. The molecule has 3 heterocycles. The number of fused-ring (bicyclic) bond motifs is 1. The fourth-order valence-electron chi connectivity index (χ4n) is 3.82. The van der Waals surface area contributed by atoms with Crippen LogP contribution in [0.25, 0.3) is 10.9 Å². The summed E-state index contributed by atoms with van der Waals surface area (Å²) in [5, 5.41) is 15.9. The minimum Gasteiger partial charge on any atom is -0.374 e. The third-order valence-corrected chi connectivity index (χ3v) is 6.45. The van der Waals surface area contributed by atoms with Gasteiger partial charge in [-0.2, -0.15) is 13.2 Å². The zero-order valence-electron chi connectivity index (χ0n) is 17.1. The summed E-state index contributed by atoms with van der Waals surface area (Å²) in [6.07, 6.45) is -1.98. The number of carbonyl (C=O) groups excluding carboxylic acids is 1. The molecule has 4 aromatic rings. The van der Waals surface area contributed by atoms with Crippen LogP contribution in [0, 0.1) is 0 Å². The van der Waals surface area contributed by atoms with Gasteiger partial charge in [-0.15, -0.1) is 11.3 Å². The topological polar surface area (TPSA) is 82.9 Å². The SMILES string of the molecule is Cn1ccnc1C(O)(CC(=O)NCC(c1cccs1)c1c[nH]c2ccccc12)C(F)(F)F. The number of aromatic amines is 1. The largest absolute Gasteiger partial charge is 0.425 e. The number of imidazole rings is 1. The van der Waals surface area contributed by atoms with Gasteiger partial charge < -0.3 is 20.0 Å². The fourth-order valence-corrected chi connectivity index (χ4v) is 4.66. The molecule has 6 nitrogen and oxygen atoms in total. The zero-order chi connectivity index (χ0) is 22.9. The van der Waals surface area contributed by atoms with Gasteiger partial charge in [0.2, 0.25) is 11.5 Å². The quantitative estimate of drug-likeness (QED) is 0.388. The number of aliphatic hydroxyl groups is 1. The lowest BCUT2D eigenvalue weighted by molar-refractivity contribution is -0.271. The summed E-state index contributed by atoms with van der Waals surface area (Å²) in [6.45, 7) is 0.0791. The number of halogens is 3. The van der Waals surface area contributed by atoms with Crippen LogP contribution in [-0.4, -0.2) is 38.3 Å². The monoisotopic (exact) mass is 462 g/mol. The Hall–Kier alpha value is -3.11. The molecule has 1 amide bonds. The maximum absolute atomic E-state index is 13.7. The molecule has 0 aliphatic carbocycles. The van der Waals surface area contributed by atoms with E-state index in [0.29, 0.717) is 0 Å². The van der Waals surface area contributed by atoms with E-state index in [4.69, 9.17) is 0 Å². The number of benzene rings is 1. The summed E-state index contributed by atoms with van der Waals surface area (Å²) in [4.78, 5) is 20.4. The van der Waals surface area contributed by atoms with Gasteiger partial charge in [-0.3, -0.25) is 4.79 Å². The number of carbonyl (C=O) groups is 1. The Balaban J connectivity index is 1.57. The Labute approximate surface area is 185 Å². The van der Waals surface area contributed by atoms with Gasteiger partial charge in [0.25, 0.3) is 0 Å². The van der Waals surface area contributed by atoms with E-state index in [9.17, 15) is 23.1 Å². The summed E-state index contributed by atoms with van der Waals surface area (Å²) in [5.74, 6) is -1.82. The number of hydrogen-bond donors (Lipinski definition) is 3. The highest BCUT2D eigenvalue weighted by molar-refractivity contribution is 7.10. The number of alkyl halides is 3. The molecule has 0 radical (unpaired) electrons. The van der Waals surface area contributed by atoms with Gasteiger partial charge in [-0.25, -0.2) is 4.98 Å². The minimum atomic E-state index is -5.08. The van der Waals surface area contributed by atoms with E-state index < -0.39 is 29.9 Å². The van der Waals surface area contributed by atoms with E-state index >= 15 is 0 Å². The predicted molar refractivity (Wildman–Crippen MR) is 115 cm³/mol. The van der Waals surface area contributed by atoms with Gasteiger partial charge in [-0.05, 0) is 23.1 Å². The van der Waals surface area contributed by atoms with Crippen LogP contribution in [-0.2, 0) is 17.4 Å². The number of para-hydroxylation sites is 1. The average Bonchev–Trinajstić information content (AvgIpc) is 3.49. The predicted octanol–water partition coefficient (Wildman–Crippen LogP) is 4.05. The standard InChI is InChI=1S/C22H21F3N4O2S/c1-29-9-8-26-20(29)21(31,22(23,24)25)11-19(30)28-13-16(18-7-4-10-32-18)15-12-27-17-6-3-2-5-14(15)17/h2-10,12,16,27,31H,11,13H2,1H3,(H,28,30). The van der Waals surface area contributed by atoms with Gasteiger partial charge in [0.05, 0.1) is 6.42 Å². The summed E-state index contributed by atoms with van der Waals surface area (Å²) < 4.78 is 42.3. The minimum absolute atomic E-state index is 0.0791. The second kappa shape index (κ2) is 8.44. The van der Waals surface area contributed by atoms with E-state index in [0.717, 1.165) is 32.1 Å². The van der Waals surface area contributed by atoms with Crippen molar-refractivity contribution in [1.82, 2.24) is 19.9 Å².